The minimum atomic E-state index is -0.0709. The third kappa shape index (κ3) is 1.75. The first-order valence-corrected chi connectivity index (χ1v) is 6.16. The largest absolute Gasteiger partial charge is 0.281 e. The molecule has 0 bridgehead atoms. The lowest BCUT2D eigenvalue weighted by Crippen LogP contribution is -1.89. The summed E-state index contributed by atoms with van der Waals surface area (Å²) in [6.45, 7) is 0. The van der Waals surface area contributed by atoms with E-state index in [2.05, 4.69) is 40.2 Å². The van der Waals surface area contributed by atoms with Crippen molar-refractivity contribution in [1.29, 1.82) is 0 Å². The van der Waals surface area contributed by atoms with E-state index in [9.17, 15) is 4.79 Å². The Morgan fingerprint density at radius 1 is 0.824 bits per heavy atom. The molecule has 0 N–H and O–H groups in total. The quantitative estimate of drug-likeness (QED) is 0.474. The normalized spacial score (nSPS) is 10.9. The van der Waals surface area contributed by atoms with Crippen molar-refractivity contribution in [3.63, 3.8) is 0 Å². The van der Waals surface area contributed by atoms with Crippen LogP contribution in [0.15, 0.2) is 54.6 Å². The summed E-state index contributed by atoms with van der Waals surface area (Å²) in [7, 11) is 0. The molecule has 0 aliphatic heterocycles. The molecule has 3 aromatic rings. The van der Waals surface area contributed by atoms with Crippen LogP contribution in [0.2, 0.25) is 0 Å². The lowest BCUT2D eigenvalue weighted by molar-refractivity contribution is 0.109. The number of hydrogen-bond acceptors (Lipinski definition) is 1. The second-order valence-corrected chi connectivity index (χ2v) is 4.72. The van der Waals surface area contributed by atoms with E-state index < -0.39 is 0 Å². The van der Waals surface area contributed by atoms with Gasteiger partial charge in [0, 0.05) is 5.56 Å². The molecule has 3 rings (SSSR count). The number of fused-ring (bicyclic) bond motifs is 2. The summed E-state index contributed by atoms with van der Waals surface area (Å²) in [4.78, 5) is 11.5. The van der Waals surface area contributed by atoms with Crippen molar-refractivity contribution >= 4 is 42.2 Å². The predicted octanol–water partition coefficient (Wildman–Crippen LogP) is 4.53. The van der Waals surface area contributed by atoms with Gasteiger partial charge in [-0.05, 0) is 55.7 Å². The fraction of sp³-hybridized carbons (Fsp3) is 0. The molecule has 0 aliphatic carbocycles. The van der Waals surface area contributed by atoms with E-state index in [1.807, 2.05) is 30.3 Å². The molecule has 2 heteroatoms. The Balaban J connectivity index is 2.47. The lowest BCUT2D eigenvalue weighted by atomic mass is 10.0. The maximum atomic E-state index is 11.5. The summed E-state index contributed by atoms with van der Waals surface area (Å²) in [5, 5.41) is 4.43. The Bertz CT molecular complexity index is 731. The third-order valence-electron chi connectivity index (χ3n) is 2.96. The Morgan fingerprint density at radius 2 is 1.47 bits per heavy atom. The highest BCUT2D eigenvalue weighted by atomic mass is 79.9. The van der Waals surface area contributed by atoms with Crippen molar-refractivity contribution in [3.8, 4) is 0 Å². The monoisotopic (exact) mass is 284 g/mol. The fourth-order valence-electron chi connectivity index (χ4n) is 2.14. The SMILES string of the molecule is O=C(Br)c1cccc2cc3ccccc3cc12. The number of halogens is 1. The number of rotatable bonds is 1. The summed E-state index contributed by atoms with van der Waals surface area (Å²) in [5.41, 5.74) is 0.716. The zero-order valence-electron chi connectivity index (χ0n) is 8.98. The molecular formula is C15H9BrO. The molecule has 0 saturated carbocycles. The van der Waals surface area contributed by atoms with Crippen LogP contribution in [0.4, 0.5) is 0 Å². The molecule has 1 nitrogen and oxygen atoms in total. The number of benzene rings is 3. The van der Waals surface area contributed by atoms with Crippen molar-refractivity contribution in [1.82, 2.24) is 0 Å². The predicted molar refractivity (Wildman–Crippen MR) is 74.7 cm³/mol. The zero-order chi connectivity index (χ0) is 11.8. The Morgan fingerprint density at radius 3 is 2.18 bits per heavy atom. The first kappa shape index (κ1) is 10.5. The van der Waals surface area contributed by atoms with Gasteiger partial charge in [0.15, 0.2) is 0 Å². The number of hydrogen-bond donors (Lipinski definition) is 0. The van der Waals surface area contributed by atoms with Crippen molar-refractivity contribution in [2.24, 2.45) is 0 Å². The van der Waals surface area contributed by atoms with Crippen LogP contribution in [-0.2, 0) is 0 Å². The lowest BCUT2D eigenvalue weighted by Gasteiger charge is -2.05. The highest BCUT2D eigenvalue weighted by Crippen LogP contribution is 2.26. The molecule has 0 fully saturated rings. The van der Waals surface area contributed by atoms with Gasteiger partial charge in [-0.3, -0.25) is 4.79 Å². The van der Waals surface area contributed by atoms with Crippen molar-refractivity contribution in [2.75, 3.05) is 0 Å². The maximum absolute atomic E-state index is 11.5. The summed E-state index contributed by atoms with van der Waals surface area (Å²) < 4.78 is -0.0709. The first-order valence-electron chi connectivity index (χ1n) is 5.37. The van der Waals surface area contributed by atoms with Gasteiger partial charge in [-0.15, -0.1) is 0 Å². The Hall–Kier alpha value is -1.67. The van der Waals surface area contributed by atoms with Crippen molar-refractivity contribution in [3.05, 3.63) is 60.2 Å². The van der Waals surface area contributed by atoms with Gasteiger partial charge in [-0.2, -0.15) is 0 Å². The van der Waals surface area contributed by atoms with Gasteiger partial charge in [0.05, 0.1) is 0 Å². The second kappa shape index (κ2) is 3.97. The molecule has 0 aliphatic rings. The van der Waals surface area contributed by atoms with Crippen LogP contribution in [0, 0.1) is 0 Å². The fourth-order valence-corrected chi connectivity index (χ4v) is 2.48. The van der Waals surface area contributed by atoms with Gasteiger partial charge >= 0.3 is 0 Å². The molecule has 0 unspecified atom stereocenters. The molecule has 0 saturated heterocycles. The number of carbonyl (C=O) groups is 1. The van der Waals surface area contributed by atoms with Gasteiger partial charge in [-0.25, -0.2) is 0 Å². The standard InChI is InChI=1S/C15H9BrO/c16-15(17)13-7-3-6-12-8-10-4-1-2-5-11(10)9-14(12)13/h1-9H. The van der Waals surface area contributed by atoms with Crippen LogP contribution in [-0.4, -0.2) is 4.69 Å². The maximum Gasteiger partial charge on any atom is 0.228 e. The van der Waals surface area contributed by atoms with Gasteiger partial charge in [0.2, 0.25) is 4.69 Å². The van der Waals surface area contributed by atoms with Gasteiger partial charge in [0.25, 0.3) is 0 Å². The van der Waals surface area contributed by atoms with Crippen LogP contribution in [0.3, 0.4) is 0 Å². The molecule has 0 radical (unpaired) electrons. The topological polar surface area (TPSA) is 17.1 Å². The van der Waals surface area contributed by atoms with E-state index in [-0.39, 0.29) is 4.69 Å². The van der Waals surface area contributed by atoms with Gasteiger partial charge in [-0.1, -0.05) is 36.4 Å². The molecule has 0 heterocycles. The molecule has 0 spiro atoms. The molecule has 0 amide bonds. The van der Waals surface area contributed by atoms with E-state index in [1.54, 1.807) is 0 Å². The molecule has 0 atom stereocenters. The van der Waals surface area contributed by atoms with Crippen LogP contribution >= 0.6 is 15.9 Å². The third-order valence-corrected chi connectivity index (χ3v) is 3.39. The Labute approximate surface area is 107 Å². The van der Waals surface area contributed by atoms with E-state index in [4.69, 9.17) is 0 Å². The van der Waals surface area contributed by atoms with Gasteiger partial charge in [0.1, 0.15) is 0 Å². The van der Waals surface area contributed by atoms with Crippen molar-refractivity contribution < 1.29 is 4.79 Å². The van der Waals surface area contributed by atoms with Crippen LogP contribution < -0.4 is 0 Å². The zero-order valence-corrected chi connectivity index (χ0v) is 10.6. The highest BCUT2D eigenvalue weighted by molar-refractivity contribution is 9.18. The summed E-state index contributed by atoms with van der Waals surface area (Å²) in [5.74, 6) is 0. The van der Waals surface area contributed by atoms with Gasteiger partial charge < -0.3 is 0 Å². The molecule has 0 aromatic heterocycles. The second-order valence-electron chi connectivity index (χ2n) is 4.00. The number of carbonyl (C=O) groups excluding carboxylic acids is 1. The molecule has 82 valence electrons. The highest BCUT2D eigenvalue weighted by Gasteiger charge is 2.07. The minimum absolute atomic E-state index is 0.0709. The van der Waals surface area contributed by atoms with Crippen LogP contribution in [0.1, 0.15) is 10.4 Å². The summed E-state index contributed by atoms with van der Waals surface area (Å²) in [6.07, 6.45) is 0. The molecular weight excluding hydrogens is 276 g/mol. The Kier molecular flexibility index (Phi) is 2.45. The van der Waals surface area contributed by atoms with E-state index in [0.717, 1.165) is 16.2 Å². The molecule has 17 heavy (non-hydrogen) atoms. The average molecular weight is 285 g/mol. The summed E-state index contributed by atoms with van der Waals surface area (Å²) in [6, 6.07) is 18.1. The van der Waals surface area contributed by atoms with Crippen LogP contribution in [0.5, 0.6) is 0 Å². The first-order chi connectivity index (χ1) is 8.25. The van der Waals surface area contributed by atoms with E-state index in [1.165, 1.54) is 5.39 Å². The smallest absolute Gasteiger partial charge is 0.228 e. The molecule has 3 aromatic carbocycles. The van der Waals surface area contributed by atoms with Crippen molar-refractivity contribution in [2.45, 2.75) is 0 Å². The minimum Gasteiger partial charge on any atom is -0.281 e. The van der Waals surface area contributed by atoms with Crippen LogP contribution in [0.25, 0.3) is 21.5 Å². The average Bonchev–Trinajstić information content (AvgIpc) is 2.35. The summed E-state index contributed by atoms with van der Waals surface area (Å²) >= 11 is 3.03. The van der Waals surface area contributed by atoms with E-state index >= 15 is 0 Å². The van der Waals surface area contributed by atoms with E-state index in [0.29, 0.717) is 5.56 Å².